The quantitative estimate of drug-likeness (QED) is 0.697. The van der Waals surface area contributed by atoms with Gasteiger partial charge in [-0.05, 0) is 23.8 Å². The van der Waals surface area contributed by atoms with E-state index in [0.29, 0.717) is 11.3 Å². The van der Waals surface area contributed by atoms with Gasteiger partial charge in [0.1, 0.15) is 11.5 Å². The molecule has 0 amide bonds. The van der Waals surface area contributed by atoms with E-state index < -0.39 is 7.32 Å². The van der Waals surface area contributed by atoms with Gasteiger partial charge >= 0.3 is 7.32 Å². The van der Waals surface area contributed by atoms with Crippen molar-refractivity contribution in [1.29, 1.82) is 0 Å². The Kier molecular flexibility index (Phi) is 3.32. The van der Waals surface area contributed by atoms with Crippen molar-refractivity contribution >= 4 is 7.32 Å². The highest BCUT2D eigenvalue weighted by Crippen LogP contribution is 2.29. The first-order chi connectivity index (χ1) is 8.16. The molecule has 0 aromatic heterocycles. The minimum Gasteiger partial charge on any atom is -0.512 e. The largest absolute Gasteiger partial charge is 0.707 e. The van der Waals surface area contributed by atoms with E-state index in [1.54, 1.807) is 42.5 Å². The lowest BCUT2D eigenvalue weighted by Gasteiger charge is -2.07. The Hall–Kier alpha value is -1.98. The molecule has 0 atom stereocenters. The van der Waals surface area contributed by atoms with Crippen molar-refractivity contribution in [2.75, 3.05) is 0 Å². The first-order valence-electron chi connectivity index (χ1n) is 5.08. The molecule has 3 N–H and O–H groups in total. The summed E-state index contributed by atoms with van der Waals surface area (Å²) in [5.41, 5.74) is 1.53. The van der Waals surface area contributed by atoms with E-state index in [-0.39, 0.29) is 5.75 Å². The van der Waals surface area contributed by atoms with E-state index in [9.17, 15) is 5.11 Å². The lowest BCUT2D eigenvalue weighted by atomic mass is 10.0. The van der Waals surface area contributed by atoms with Crippen LogP contribution in [0.4, 0.5) is 0 Å². The zero-order chi connectivity index (χ0) is 12.3. The van der Waals surface area contributed by atoms with Gasteiger partial charge in [0.15, 0.2) is 0 Å². The second-order valence-corrected chi connectivity index (χ2v) is 3.49. The van der Waals surface area contributed by atoms with Gasteiger partial charge in [-0.3, -0.25) is 0 Å². The lowest BCUT2D eigenvalue weighted by Crippen LogP contribution is -2.20. The van der Waals surface area contributed by atoms with Gasteiger partial charge in [0, 0.05) is 5.56 Å². The first kappa shape index (κ1) is 11.5. The Labute approximate surface area is 98.9 Å². The maximum Gasteiger partial charge on any atom is 0.707 e. The van der Waals surface area contributed by atoms with E-state index in [1.165, 1.54) is 0 Å². The molecule has 0 saturated carbocycles. The minimum atomic E-state index is -1.83. The van der Waals surface area contributed by atoms with Gasteiger partial charge in [-0.15, -0.1) is 0 Å². The minimum absolute atomic E-state index is 0.198. The number of aromatic hydroxyl groups is 1. The first-order valence-corrected chi connectivity index (χ1v) is 5.08. The molecule has 2 aromatic rings. The molecule has 2 aromatic carbocycles. The Balaban J connectivity index is 2.27. The molecule has 5 heteroatoms. The number of para-hydroxylation sites is 1. The van der Waals surface area contributed by atoms with Crippen LogP contribution in [0.2, 0.25) is 0 Å². The van der Waals surface area contributed by atoms with Gasteiger partial charge in [0.2, 0.25) is 0 Å². The van der Waals surface area contributed by atoms with Crippen LogP contribution in [0.5, 0.6) is 11.5 Å². The van der Waals surface area contributed by atoms with Gasteiger partial charge in [0.25, 0.3) is 0 Å². The lowest BCUT2D eigenvalue weighted by molar-refractivity contribution is 0.288. The van der Waals surface area contributed by atoms with Crippen molar-refractivity contribution in [2.45, 2.75) is 0 Å². The highest BCUT2D eigenvalue weighted by atomic mass is 16.6. The van der Waals surface area contributed by atoms with E-state index >= 15 is 0 Å². The van der Waals surface area contributed by atoms with Crippen molar-refractivity contribution < 1.29 is 19.8 Å². The summed E-state index contributed by atoms with van der Waals surface area (Å²) in [6.45, 7) is 0. The van der Waals surface area contributed by atoms with Crippen LogP contribution in [0.25, 0.3) is 11.1 Å². The third kappa shape index (κ3) is 2.78. The second-order valence-electron chi connectivity index (χ2n) is 3.49. The number of phenolic OH excluding ortho intramolecular Hbond substituents is 1. The third-order valence-electron chi connectivity index (χ3n) is 2.31. The van der Waals surface area contributed by atoms with E-state index in [2.05, 4.69) is 4.65 Å². The van der Waals surface area contributed by atoms with Crippen LogP contribution in [-0.2, 0) is 0 Å². The standard InChI is InChI=1S/C12H11BO4/c14-12-4-2-1-3-11(12)9-5-7-10(8-6-9)17-13(15)16/h1-8,14-16H. The molecule has 0 unspecified atom stereocenters. The Morgan fingerprint density at radius 3 is 2.12 bits per heavy atom. The number of hydrogen-bond acceptors (Lipinski definition) is 4. The van der Waals surface area contributed by atoms with Crippen molar-refractivity contribution in [3.8, 4) is 22.6 Å². The molecule has 0 radical (unpaired) electrons. The average molecular weight is 230 g/mol. The predicted octanol–water partition coefficient (Wildman–Crippen LogP) is 1.41. The fourth-order valence-electron chi connectivity index (χ4n) is 1.55. The highest BCUT2D eigenvalue weighted by molar-refractivity contribution is 6.33. The van der Waals surface area contributed by atoms with E-state index in [4.69, 9.17) is 10.0 Å². The summed E-state index contributed by atoms with van der Waals surface area (Å²) in [5.74, 6) is 0.544. The normalized spacial score (nSPS) is 10.0. The second kappa shape index (κ2) is 4.90. The van der Waals surface area contributed by atoms with Crippen molar-refractivity contribution in [3.05, 3.63) is 48.5 Å². The molecule has 0 saturated heterocycles. The molecule has 86 valence electrons. The fourth-order valence-corrected chi connectivity index (χ4v) is 1.55. The van der Waals surface area contributed by atoms with Gasteiger partial charge in [-0.2, -0.15) is 0 Å². The van der Waals surface area contributed by atoms with Gasteiger partial charge in [-0.25, -0.2) is 0 Å². The summed E-state index contributed by atoms with van der Waals surface area (Å²) >= 11 is 0. The van der Waals surface area contributed by atoms with E-state index in [0.717, 1.165) is 5.56 Å². The maximum atomic E-state index is 9.67. The molecule has 0 aliphatic rings. The van der Waals surface area contributed by atoms with E-state index in [1.807, 2.05) is 6.07 Å². The van der Waals surface area contributed by atoms with Crippen LogP contribution >= 0.6 is 0 Å². The molecule has 17 heavy (non-hydrogen) atoms. The zero-order valence-corrected chi connectivity index (χ0v) is 8.95. The van der Waals surface area contributed by atoms with Gasteiger partial charge in [0.05, 0.1) is 0 Å². The summed E-state index contributed by atoms with van der Waals surface area (Å²) in [6, 6.07) is 13.6. The van der Waals surface area contributed by atoms with Crippen molar-refractivity contribution in [2.24, 2.45) is 0 Å². The average Bonchev–Trinajstić information content (AvgIpc) is 2.30. The molecule has 0 spiro atoms. The van der Waals surface area contributed by atoms with Crippen LogP contribution in [0.3, 0.4) is 0 Å². The monoisotopic (exact) mass is 230 g/mol. The number of rotatable bonds is 3. The van der Waals surface area contributed by atoms with Crippen LogP contribution in [-0.4, -0.2) is 22.5 Å². The molecular weight excluding hydrogens is 219 g/mol. The van der Waals surface area contributed by atoms with Crippen molar-refractivity contribution in [1.82, 2.24) is 0 Å². The highest BCUT2D eigenvalue weighted by Gasteiger charge is 2.11. The molecule has 0 bridgehead atoms. The molecular formula is C12H11BO4. The number of hydrogen-bond donors (Lipinski definition) is 3. The molecule has 4 nitrogen and oxygen atoms in total. The van der Waals surface area contributed by atoms with Crippen molar-refractivity contribution in [3.63, 3.8) is 0 Å². The van der Waals surface area contributed by atoms with Crippen LogP contribution in [0.15, 0.2) is 48.5 Å². The molecule has 0 fully saturated rings. The van der Waals surface area contributed by atoms with Crippen LogP contribution in [0.1, 0.15) is 0 Å². The SMILES string of the molecule is OB(O)Oc1ccc(-c2ccccc2O)cc1. The smallest absolute Gasteiger partial charge is 0.512 e. The number of benzene rings is 2. The molecule has 0 aliphatic carbocycles. The summed E-state index contributed by atoms with van der Waals surface area (Å²) in [7, 11) is -1.83. The molecule has 0 heterocycles. The summed E-state index contributed by atoms with van der Waals surface area (Å²) in [4.78, 5) is 0. The Bertz CT molecular complexity index is 496. The van der Waals surface area contributed by atoms with Crippen LogP contribution in [0, 0.1) is 0 Å². The topological polar surface area (TPSA) is 69.9 Å². The third-order valence-corrected chi connectivity index (χ3v) is 2.31. The number of phenols is 1. The van der Waals surface area contributed by atoms with Crippen LogP contribution < -0.4 is 4.65 Å². The molecule has 0 aliphatic heterocycles. The summed E-state index contributed by atoms with van der Waals surface area (Å²) in [5, 5.41) is 26.9. The maximum absolute atomic E-state index is 9.67. The van der Waals surface area contributed by atoms with Gasteiger partial charge < -0.3 is 19.8 Å². The predicted molar refractivity (Wildman–Crippen MR) is 64.4 cm³/mol. The fraction of sp³-hybridized carbons (Fsp3) is 0. The zero-order valence-electron chi connectivity index (χ0n) is 8.95. The summed E-state index contributed by atoms with van der Waals surface area (Å²) < 4.78 is 4.68. The van der Waals surface area contributed by atoms with Gasteiger partial charge in [-0.1, -0.05) is 30.3 Å². The Morgan fingerprint density at radius 1 is 0.882 bits per heavy atom. The summed E-state index contributed by atoms with van der Waals surface area (Å²) in [6.07, 6.45) is 0. The molecule has 2 rings (SSSR count). The Morgan fingerprint density at radius 2 is 1.53 bits per heavy atom.